The van der Waals surface area contributed by atoms with E-state index in [9.17, 15) is 4.79 Å². The summed E-state index contributed by atoms with van der Waals surface area (Å²) < 4.78 is 7.05. The molecule has 8 heteroatoms. The van der Waals surface area contributed by atoms with Crippen molar-refractivity contribution in [3.63, 3.8) is 0 Å². The molecule has 8 nitrogen and oxygen atoms in total. The van der Waals surface area contributed by atoms with Crippen molar-refractivity contribution in [3.8, 4) is 0 Å². The van der Waals surface area contributed by atoms with Gasteiger partial charge in [-0.05, 0) is 25.8 Å². The molecule has 5 heterocycles. The summed E-state index contributed by atoms with van der Waals surface area (Å²) in [5, 5.41) is 5.63. The van der Waals surface area contributed by atoms with Crippen LogP contribution < -0.4 is 10.5 Å². The van der Waals surface area contributed by atoms with Crippen molar-refractivity contribution in [1.82, 2.24) is 24.7 Å². The molecule has 0 radical (unpaired) electrons. The van der Waals surface area contributed by atoms with Crippen molar-refractivity contribution < 1.29 is 4.74 Å². The van der Waals surface area contributed by atoms with Gasteiger partial charge in [-0.15, -0.1) is 0 Å². The maximum Gasteiger partial charge on any atom is 0.267 e. The Hall–Kier alpha value is -2.87. The highest BCUT2D eigenvalue weighted by Gasteiger charge is 2.29. The zero-order chi connectivity index (χ0) is 19.1. The number of aromatic nitrogens is 5. The lowest BCUT2D eigenvalue weighted by Crippen LogP contribution is -2.38. The molecule has 0 amide bonds. The van der Waals surface area contributed by atoms with Crippen molar-refractivity contribution >= 4 is 16.7 Å². The third kappa shape index (κ3) is 3.03. The molecule has 0 saturated carbocycles. The van der Waals surface area contributed by atoms with Crippen molar-refractivity contribution in [2.45, 2.75) is 45.4 Å². The molecule has 2 aliphatic rings. The second kappa shape index (κ2) is 6.94. The van der Waals surface area contributed by atoms with Crippen molar-refractivity contribution in [2.75, 3.05) is 18.1 Å². The van der Waals surface area contributed by atoms with E-state index in [1.54, 1.807) is 23.1 Å². The molecule has 1 atom stereocenters. The molecule has 1 fully saturated rings. The molecule has 28 heavy (non-hydrogen) atoms. The summed E-state index contributed by atoms with van der Waals surface area (Å²) in [6.07, 6.45) is 6.37. The molecule has 144 valence electrons. The first-order valence-electron chi connectivity index (χ1n) is 9.72. The van der Waals surface area contributed by atoms with Crippen LogP contribution >= 0.6 is 0 Å². The number of aryl methyl sites for hydroxylation is 1. The molecule has 3 aromatic heterocycles. The van der Waals surface area contributed by atoms with E-state index in [1.165, 1.54) is 0 Å². The Morgan fingerprint density at radius 3 is 3.18 bits per heavy atom. The number of pyridine rings is 1. The Balaban J connectivity index is 1.50. The third-order valence-corrected chi connectivity index (χ3v) is 5.53. The number of nitrogens with zero attached hydrogens (tertiary/aromatic N) is 6. The van der Waals surface area contributed by atoms with Gasteiger partial charge in [0.1, 0.15) is 11.6 Å². The van der Waals surface area contributed by atoms with Gasteiger partial charge in [0.15, 0.2) is 0 Å². The van der Waals surface area contributed by atoms with E-state index >= 15 is 0 Å². The van der Waals surface area contributed by atoms with E-state index in [0.717, 1.165) is 59.6 Å². The van der Waals surface area contributed by atoms with E-state index in [1.807, 2.05) is 13.0 Å². The van der Waals surface area contributed by atoms with E-state index in [-0.39, 0.29) is 11.6 Å². The lowest BCUT2D eigenvalue weighted by molar-refractivity contribution is 0.108. The average Bonchev–Trinajstić information content (AvgIpc) is 3.16. The highest BCUT2D eigenvalue weighted by Crippen LogP contribution is 2.30. The van der Waals surface area contributed by atoms with Gasteiger partial charge in [-0.3, -0.25) is 9.78 Å². The highest BCUT2D eigenvalue weighted by atomic mass is 16.5. The fraction of sp³-hybridized carbons (Fsp3) is 0.450. The molecular weight excluding hydrogens is 356 g/mol. The Kier molecular flexibility index (Phi) is 4.27. The van der Waals surface area contributed by atoms with Gasteiger partial charge in [0.05, 0.1) is 43.2 Å². The molecule has 0 spiro atoms. The predicted octanol–water partition coefficient (Wildman–Crippen LogP) is 1.63. The lowest BCUT2D eigenvalue weighted by Gasteiger charge is -2.27. The fourth-order valence-corrected chi connectivity index (χ4v) is 4.18. The first-order valence-corrected chi connectivity index (χ1v) is 9.72. The van der Waals surface area contributed by atoms with Gasteiger partial charge in [-0.1, -0.05) is 0 Å². The van der Waals surface area contributed by atoms with Gasteiger partial charge in [0, 0.05) is 36.2 Å². The van der Waals surface area contributed by atoms with Gasteiger partial charge in [0.2, 0.25) is 0 Å². The second-order valence-corrected chi connectivity index (χ2v) is 7.42. The monoisotopic (exact) mass is 378 g/mol. The Labute approximate surface area is 162 Å². The Bertz CT molecular complexity index is 1100. The Morgan fingerprint density at radius 2 is 2.25 bits per heavy atom. The van der Waals surface area contributed by atoms with Crippen LogP contribution in [0.4, 0.5) is 5.82 Å². The molecule has 1 unspecified atom stereocenters. The van der Waals surface area contributed by atoms with Crippen LogP contribution in [-0.4, -0.2) is 43.9 Å². The Morgan fingerprint density at radius 1 is 1.32 bits per heavy atom. The molecule has 1 saturated heterocycles. The van der Waals surface area contributed by atoms with Crippen molar-refractivity contribution in [3.05, 3.63) is 52.0 Å². The quantitative estimate of drug-likeness (QED) is 0.685. The van der Waals surface area contributed by atoms with Crippen LogP contribution in [0, 0.1) is 6.92 Å². The molecular formula is C20H22N6O2. The predicted molar refractivity (Wildman–Crippen MR) is 104 cm³/mol. The standard InChI is InChI=1S/C20H22N6O2/c1-13-22-18-10-21-6-4-16(18)20(23-13)25-7-2-3-15(25)11-26-19(27)9-14-12-28-8-5-17(14)24-26/h4,6,9-10,15H,2-3,5,7-8,11-12H2,1H3. The minimum absolute atomic E-state index is 0.0657. The number of hydrogen-bond donors (Lipinski definition) is 0. The van der Waals surface area contributed by atoms with Crippen LogP contribution in [0.3, 0.4) is 0 Å². The van der Waals surface area contributed by atoms with Gasteiger partial charge in [-0.25, -0.2) is 14.6 Å². The molecule has 5 rings (SSSR count). The van der Waals surface area contributed by atoms with Gasteiger partial charge >= 0.3 is 0 Å². The van der Waals surface area contributed by atoms with Crippen LogP contribution in [-0.2, 0) is 24.3 Å². The van der Waals surface area contributed by atoms with Gasteiger partial charge in [-0.2, -0.15) is 5.10 Å². The number of rotatable bonds is 3. The summed E-state index contributed by atoms with van der Waals surface area (Å²) in [6.45, 7) is 4.51. The minimum atomic E-state index is -0.0657. The average molecular weight is 378 g/mol. The second-order valence-electron chi connectivity index (χ2n) is 7.42. The van der Waals surface area contributed by atoms with Gasteiger partial charge < -0.3 is 9.64 Å². The molecule has 0 bridgehead atoms. The van der Waals surface area contributed by atoms with Gasteiger partial charge in [0.25, 0.3) is 5.56 Å². The smallest absolute Gasteiger partial charge is 0.267 e. The molecule has 0 N–H and O–H groups in total. The molecule has 3 aromatic rings. The number of ether oxygens (including phenoxy) is 1. The van der Waals surface area contributed by atoms with Crippen molar-refractivity contribution in [1.29, 1.82) is 0 Å². The van der Waals surface area contributed by atoms with E-state index in [0.29, 0.717) is 19.8 Å². The number of anilines is 1. The van der Waals surface area contributed by atoms with E-state index in [2.05, 4.69) is 20.0 Å². The van der Waals surface area contributed by atoms with Crippen LogP contribution in [0.1, 0.15) is 29.9 Å². The van der Waals surface area contributed by atoms with E-state index < -0.39 is 0 Å². The van der Waals surface area contributed by atoms with Crippen LogP contribution in [0.15, 0.2) is 29.3 Å². The summed E-state index contributed by atoms with van der Waals surface area (Å²) in [6, 6.07) is 3.81. The summed E-state index contributed by atoms with van der Waals surface area (Å²) in [4.78, 5) is 28.3. The van der Waals surface area contributed by atoms with Crippen molar-refractivity contribution in [2.24, 2.45) is 0 Å². The zero-order valence-electron chi connectivity index (χ0n) is 15.8. The number of fused-ring (bicyclic) bond motifs is 2. The SMILES string of the molecule is Cc1nc(N2CCCC2Cn2nc3c(cc2=O)COCC3)c2ccncc2n1. The lowest BCUT2D eigenvalue weighted by atomic mass is 10.1. The van der Waals surface area contributed by atoms with E-state index in [4.69, 9.17) is 9.72 Å². The third-order valence-electron chi connectivity index (χ3n) is 5.53. The highest BCUT2D eigenvalue weighted by molar-refractivity contribution is 5.89. The topological polar surface area (TPSA) is 86.0 Å². The van der Waals surface area contributed by atoms with Crippen LogP contribution in [0.2, 0.25) is 0 Å². The zero-order valence-corrected chi connectivity index (χ0v) is 15.8. The largest absolute Gasteiger partial charge is 0.376 e. The fourth-order valence-electron chi connectivity index (χ4n) is 4.18. The minimum Gasteiger partial charge on any atom is -0.376 e. The molecule has 0 aliphatic carbocycles. The summed E-state index contributed by atoms with van der Waals surface area (Å²) in [5.41, 5.74) is 2.68. The first-order chi connectivity index (χ1) is 13.7. The maximum absolute atomic E-state index is 12.6. The van der Waals surface area contributed by atoms with Crippen LogP contribution in [0.5, 0.6) is 0 Å². The number of hydrogen-bond acceptors (Lipinski definition) is 7. The summed E-state index contributed by atoms with van der Waals surface area (Å²) in [5.74, 6) is 1.65. The summed E-state index contributed by atoms with van der Waals surface area (Å²) in [7, 11) is 0. The van der Waals surface area contributed by atoms with Crippen LogP contribution in [0.25, 0.3) is 10.9 Å². The summed E-state index contributed by atoms with van der Waals surface area (Å²) >= 11 is 0. The maximum atomic E-state index is 12.6. The normalized spacial score (nSPS) is 19.2. The first kappa shape index (κ1) is 17.2. The molecule has 0 aromatic carbocycles. The molecule has 2 aliphatic heterocycles.